The molecule has 2 heterocycles. The van der Waals surface area contributed by atoms with E-state index in [1.165, 1.54) is 77.3 Å². The molecule has 10 aromatic carbocycles. The lowest BCUT2D eigenvalue weighted by Crippen LogP contribution is -2.36. The van der Waals surface area contributed by atoms with Crippen LogP contribution >= 0.6 is 0 Å². The Bertz CT molecular complexity index is 3800. The molecule has 0 N–H and O–H groups in total. The molecule has 65 heavy (non-hydrogen) atoms. The van der Waals surface area contributed by atoms with E-state index in [0.29, 0.717) is 0 Å². The van der Waals surface area contributed by atoms with Crippen molar-refractivity contribution in [2.45, 2.75) is 24.7 Å². The average Bonchev–Trinajstić information content (AvgIpc) is 3.81. The van der Waals surface area contributed by atoms with E-state index in [2.05, 4.69) is 242 Å². The van der Waals surface area contributed by atoms with Crippen LogP contribution in [0.1, 0.15) is 47.2 Å². The van der Waals surface area contributed by atoms with Crippen molar-refractivity contribution in [2.75, 3.05) is 4.90 Å². The summed E-state index contributed by atoms with van der Waals surface area (Å²) in [6, 6.07) is 80.5. The van der Waals surface area contributed by atoms with Crippen molar-refractivity contribution in [1.82, 2.24) is 4.57 Å². The first-order valence-corrected chi connectivity index (χ1v) is 22.7. The molecule has 306 valence electrons. The molecule has 3 aliphatic rings. The first-order chi connectivity index (χ1) is 32.0. The van der Waals surface area contributed by atoms with Crippen molar-refractivity contribution < 1.29 is 4.74 Å². The summed E-state index contributed by atoms with van der Waals surface area (Å²) < 4.78 is 9.61. The predicted octanol–water partition coefficient (Wildman–Crippen LogP) is 16.2. The number of ether oxygens (including phenoxy) is 1. The van der Waals surface area contributed by atoms with Crippen molar-refractivity contribution in [3.05, 3.63) is 252 Å². The molecule has 0 fully saturated rings. The molecule has 0 amide bonds. The highest BCUT2D eigenvalue weighted by Crippen LogP contribution is 2.62. The lowest BCUT2D eigenvalue weighted by Gasteiger charge is -2.45. The Morgan fingerprint density at radius 2 is 1.02 bits per heavy atom. The van der Waals surface area contributed by atoms with E-state index in [4.69, 9.17) is 4.74 Å². The van der Waals surface area contributed by atoms with Crippen molar-refractivity contribution in [1.29, 1.82) is 0 Å². The van der Waals surface area contributed by atoms with Crippen LogP contribution in [0.25, 0.3) is 60.5 Å². The molecule has 0 saturated heterocycles. The zero-order valence-electron chi connectivity index (χ0n) is 36.1. The van der Waals surface area contributed by atoms with E-state index in [0.717, 1.165) is 45.2 Å². The van der Waals surface area contributed by atoms with E-state index >= 15 is 0 Å². The van der Waals surface area contributed by atoms with Gasteiger partial charge in [0.2, 0.25) is 0 Å². The standard InChI is InChI=1S/C62H42N2O/c1-61(2)48-25-9-7-23-47(48)60-52(61)28-16-31-55(60)64-54-30-12-8-22-44(54)45-35-33-41(37-56(45)64)63(40-19-4-3-5-20-40)42-34-36-51-58(38-42)65-57-32-13-11-27-50(57)62(51)49-26-10-6-21-43(49)46-24-14-17-39-18-15-29-53(62)59(39)46/h3-38H,1-2H3. The van der Waals surface area contributed by atoms with Crippen LogP contribution < -0.4 is 9.64 Å². The van der Waals surface area contributed by atoms with Crippen LogP contribution in [0.3, 0.4) is 0 Å². The molecular formula is C62H42N2O. The predicted molar refractivity (Wildman–Crippen MR) is 268 cm³/mol. The van der Waals surface area contributed by atoms with Crippen LogP contribution in [0.5, 0.6) is 11.5 Å². The van der Waals surface area contributed by atoms with Gasteiger partial charge in [-0.3, -0.25) is 0 Å². The second-order valence-corrected chi connectivity index (χ2v) is 18.4. The second kappa shape index (κ2) is 13.2. The third-order valence-corrected chi connectivity index (χ3v) is 14.8. The summed E-state index contributed by atoms with van der Waals surface area (Å²) >= 11 is 0. The smallest absolute Gasteiger partial charge is 0.134 e. The summed E-state index contributed by atoms with van der Waals surface area (Å²) in [6.07, 6.45) is 0. The van der Waals surface area contributed by atoms with E-state index in [-0.39, 0.29) is 5.41 Å². The highest BCUT2D eigenvalue weighted by molar-refractivity contribution is 6.11. The Labute approximate surface area is 378 Å². The number of aromatic nitrogens is 1. The summed E-state index contributed by atoms with van der Waals surface area (Å²) in [4.78, 5) is 2.39. The number of hydrogen-bond donors (Lipinski definition) is 0. The molecule has 3 heteroatoms. The molecule has 1 aliphatic heterocycles. The molecule has 1 spiro atoms. The van der Waals surface area contributed by atoms with Crippen LogP contribution in [0.4, 0.5) is 17.1 Å². The fourth-order valence-corrected chi connectivity index (χ4v) is 12.1. The number of benzene rings is 10. The topological polar surface area (TPSA) is 17.4 Å². The minimum Gasteiger partial charge on any atom is -0.457 e. The number of rotatable bonds is 4. The van der Waals surface area contributed by atoms with Crippen LogP contribution in [0.2, 0.25) is 0 Å². The molecule has 1 aromatic heterocycles. The third kappa shape index (κ3) is 4.79. The number of fused-ring (bicyclic) bond motifs is 14. The largest absolute Gasteiger partial charge is 0.457 e. The molecule has 11 aromatic rings. The van der Waals surface area contributed by atoms with E-state index in [9.17, 15) is 0 Å². The monoisotopic (exact) mass is 830 g/mol. The molecule has 1 unspecified atom stereocenters. The van der Waals surface area contributed by atoms with Crippen LogP contribution in [0.15, 0.2) is 218 Å². The Morgan fingerprint density at radius 1 is 0.400 bits per heavy atom. The zero-order valence-corrected chi connectivity index (χ0v) is 36.1. The molecular weight excluding hydrogens is 789 g/mol. The van der Waals surface area contributed by atoms with Gasteiger partial charge in [-0.2, -0.15) is 0 Å². The second-order valence-electron chi connectivity index (χ2n) is 18.4. The molecule has 0 bridgehead atoms. The van der Waals surface area contributed by atoms with Crippen LogP contribution in [-0.2, 0) is 10.8 Å². The minimum atomic E-state index is -0.603. The van der Waals surface area contributed by atoms with Crippen LogP contribution in [0, 0.1) is 0 Å². The minimum absolute atomic E-state index is 0.112. The molecule has 2 aliphatic carbocycles. The summed E-state index contributed by atoms with van der Waals surface area (Å²) in [6.45, 7) is 4.72. The number of nitrogens with zero attached hydrogens (tertiary/aromatic N) is 2. The van der Waals surface area contributed by atoms with Crippen molar-refractivity contribution in [2.24, 2.45) is 0 Å². The van der Waals surface area contributed by atoms with Gasteiger partial charge in [-0.15, -0.1) is 0 Å². The Balaban J connectivity index is 1.01. The van der Waals surface area contributed by atoms with Crippen molar-refractivity contribution >= 4 is 49.6 Å². The Morgan fingerprint density at radius 3 is 1.89 bits per heavy atom. The van der Waals surface area contributed by atoms with Gasteiger partial charge in [-0.05, 0) is 98.2 Å². The SMILES string of the molecule is CC1(C)c2ccccc2-c2c(-n3c4ccccc4c4ccc(N(c5ccccc5)c5ccc6c(c5)Oc5ccccc5C65c6ccccc6-c6cccc7cccc5c67)cc43)cccc21. The number of hydrogen-bond acceptors (Lipinski definition) is 2. The van der Waals surface area contributed by atoms with Gasteiger partial charge in [0.25, 0.3) is 0 Å². The molecule has 14 rings (SSSR count). The summed E-state index contributed by atoms with van der Waals surface area (Å²) in [5.41, 5.74) is 18.7. The lowest BCUT2D eigenvalue weighted by molar-refractivity contribution is 0.435. The maximum atomic E-state index is 7.11. The number of para-hydroxylation sites is 3. The number of anilines is 3. The fraction of sp³-hybridized carbons (Fsp3) is 0.0645. The normalized spacial score (nSPS) is 15.8. The summed E-state index contributed by atoms with van der Waals surface area (Å²) in [7, 11) is 0. The molecule has 1 atom stereocenters. The maximum absolute atomic E-state index is 7.11. The van der Waals surface area contributed by atoms with Gasteiger partial charge in [0.1, 0.15) is 11.5 Å². The van der Waals surface area contributed by atoms with Crippen LogP contribution in [-0.4, -0.2) is 4.57 Å². The third-order valence-electron chi connectivity index (χ3n) is 14.8. The molecule has 0 radical (unpaired) electrons. The van der Waals surface area contributed by atoms with Crippen molar-refractivity contribution in [3.8, 4) is 39.4 Å². The van der Waals surface area contributed by atoms with Gasteiger partial charge in [0.05, 0.1) is 22.1 Å². The van der Waals surface area contributed by atoms with Gasteiger partial charge >= 0.3 is 0 Å². The molecule has 3 nitrogen and oxygen atoms in total. The maximum Gasteiger partial charge on any atom is 0.134 e. The summed E-state index contributed by atoms with van der Waals surface area (Å²) in [5.74, 6) is 1.73. The zero-order chi connectivity index (χ0) is 43.0. The van der Waals surface area contributed by atoms with E-state index < -0.39 is 5.41 Å². The Kier molecular flexibility index (Phi) is 7.38. The van der Waals surface area contributed by atoms with Gasteiger partial charge in [0.15, 0.2) is 0 Å². The average molecular weight is 831 g/mol. The van der Waals surface area contributed by atoms with Gasteiger partial charge in [0, 0.05) is 56.0 Å². The van der Waals surface area contributed by atoms with Crippen molar-refractivity contribution in [3.63, 3.8) is 0 Å². The summed E-state index contributed by atoms with van der Waals surface area (Å²) in [5, 5.41) is 5.00. The van der Waals surface area contributed by atoms with Gasteiger partial charge in [-0.1, -0.05) is 178 Å². The van der Waals surface area contributed by atoms with E-state index in [1.54, 1.807) is 0 Å². The van der Waals surface area contributed by atoms with Gasteiger partial charge < -0.3 is 14.2 Å². The van der Waals surface area contributed by atoms with Gasteiger partial charge in [-0.25, -0.2) is 0 Å². The fourth-order valence-electron chi connectivity index (χ4n) is 12.1. The molecule has 0 saturated carbocycles. The highest BCUT2D eigenvalue weighted by Gasteiger charge is 2.49. The lowest BCUT2D eigenvalue weighted by atomic mass is 9.58. The quantitative estimate of drug-likeness (QED) is 0.176. The van der Waals surface area contributed by atoms with E-state index in [1.807, 2.05) is 0 Å². The Hall–Kier alpha value is -8.14. The highest BCUT2D eigenvalue weighted by atomic mass is 16.5. The first kappa shape index (κ1) is 36.4. The first-order valence-electron chi connectivity index (χ1n) is 22.7.